The number of ketones is 1. The molecule has 0 aliphatic carbocycles. The average molecular weight is 407 g/mol. The second-order valence-corrected chi connectivity index (χ2v) is 7.34. The largest absolute Gasteiger partial charge is 0.384 e. The second-order valence-electron chi connectivity index (χ2n) is 5.95. The summed E-state index contributed by atoms with van der Waals surface area (Å²) in [4.78, 5) is 12.4. The summed E-state index contributed by atoms with van der Waals surface area (Å²) in [6.07, 6.45) is 0. The van der Waals surface area contributed by atoms with Gasteiger partial charge in [0.1, 0.15) is 5.82 Å². The molecular formula is C21H15ClN4OS. The van der Waals surface area contributed by atoms with E-state index < -0.39 is 5.92 Å². The van der Waals surface area contributed by atoms with E-state index in [2.05, 4.69) is 17.5 Å². The van der Waals surface area contributed by atoms with Gasteiger partial charge in [0.25, 0.3) is 0 Å². The van der Waals surface area contributed by atoms with E-state index in [4.69, 9.17) is 17.3 Å². The number of carbonyl (C=O) groups excluding carboxylic acids is 1. The predicted molar refractivity (Wildman–Crippen MR) is 110 cm³/mol. The summed E-state index contributed by atoms with van der Waals surface area (Å²) < 4.78 is 0. The zero-order valence-electron chi connectivity index (χ0n) is 14.6. The molecule has 7 heteroatoms. The van der Waals surface area contributed by atoms with Crippen LogP contribution in [-0.4, -0.2) is 11.5 Å². The molecule has 0 aromatic heterocycles. The lowest BCUT2D eigenvalue weighted by atomic mass is 9.84. The number of carbonyl (C=O) groups is 1. The quantitative estimate of drug-likeness (QED) is 0.725. The van der Waals surface area contributed by atoms with Crippen LogP contribution in [0.15, 0.2) is 76.6 Å². The Morgan fingerprint density at radius 1 is 1.07 bits per heavy atom. The third kappa shape index (κ3) is 3.89. The number of allylic oxidation sites excluding steroid dienone is 2. The highest BCUT2D eigenvalue weighted by molar-refractivity contribution is 8.03. The molecule has 2 aromatic rings. The van der Waals surface area contributed by atoms with Gasteiger partial charge in [-0.3, -0.25) is 4.79 Å². The number of hydrogen-bond acceptors (Lipinski definition) is 6. The van der Waals surface area contributed by atoms with Gasteiger partial charge >= 0.3 is 0 Å². The van der Waals surface area contributed by atoms with E-state index in [1.54, 1.807) is 48.5 Å². The Bertz CT molecular complexity index is 1060. The fraction of sp³-hybridized carbons (Fsp3) is 0.0952. The van der Waals surface area contributed by atoms with Crippen LogP contribution >= 0.6 is 23.4 Å². The topological polar surface area (TPSA) is 103 Å². The van der Waals surface area contributed by atoms with Gasteiger partial charge in [0.05, 0.1) is 40.0 Å². The standard InChI is InChI=1S/C21H15ClN4OS/c22-17-9-5-4-8-14(17)19-15(10-23)20(25)26-21(16(19)11-24)28-12-18(27)13-6-2-1-3-7-13/h1-9,19,26H,12,25H2/t19-/m0/s1. The Morgan fingerprint density at radius 3 is 2.36 bits per heavy atom. The van der Waals surface area contributed by atoms with Crippen LogP contribution in [0.2, 0.25) is 5.02 Å². The average Bonchev–Trinajstić information content (AvgIpc) is 2.72. The van der Waals surface area contributed by atoms with Gasteiger partial charge in [-0.25, -0.2) is 0 Å². The van der Waals surface area contributed by atoms with Gasteiger partial charge in [0, 0.05) is 10.6 Å². The number of nitrogens with one attached hydrogen (secondary N) is 1. The van der Waals surface area contributed by atoms with E-state index in [0.29, 0.717) is 26.8 Å². The molecule has 0 fully saturated rings. The van der Waals surface area contributed by atoms with Crippen molar-refractivity contribution in [1.82, 2.24) is 5.32 Å². The fourth-order valence-corrected chi connectivity index (χ4v) is 4.10. The van der Waals surface area contributed by atoms with Crippen LogP contribution in [0.5, 0.6) is 0 Å². The summed E-state index contributed by atoms with van der Waals surface area (Å²) in [5.74, 6) is -0.470. The van der Waals surface area contributed by atoms with Crippen molar-refractivity contribution in [2.24, 2.45) is 5.73 Å². The van der Waals surface area contributed by atoms with Crippen LogP contribution in [0.4, 0.5) is 0 Å². The highest BCUT2D eigenvalue weighted by Crippen LogP contribution is 2.41. The van der Waals surface area contributed by atoms with Crippen molar-refractivity contribution in [2.75, 3.05) is 5.75 Å². The maximum Gasteiger partial charge on any atom is 0.173 e. The van der Waals surface area contributed by atoms with Gasteiger partial charge in [-0.1, -0.05) is 71.9 Å². The van der Waals surface area contributed by atoms with Gasteiger partial charge in [0.2, 0.25) is 0 Å². The molecule has 0 saturated carbocycles. The predicted octanol–water partition coefficient (Wildman–Crippen LogP) is 4.07. The molecule has 2 aromatic carbocycles. The number of rotatable bonds is 5. The molecule has 28 heavy (non-hydrogen) atoms. The van der Waals surface area contributed by atoms with Crippen molar-refractivity contribution >= 4 is 29.1 Å². The van der Waals surface area contributed by atoms with Gasteiger partial charge in [-0.2, -0.15) is 10.5 Å². The van der Waals surface area contributed by atoms with Gasteiger partial charge in [0.15, 0.2) is 5.78 Å². The molecular weight excluding hydrogens is 392 g/mol. The summed E-state index contributed by atoms with van der Waals surface area (Å²) in [5.41, 5.74) is 7.80. The van der Waals surface area contributed by atoms with Crippen LogP contribution in [0.25, 0.3) is 0 Å². The van der Waals surface area contributed by atoms with Crippen LogP contribution in [-0.2, 0) is 0 Å². The number of benzene rings is 2. The molecule has 1 aliphatic rings. The van der Waals surface area contributed by atoms with Crippen molar-refractivity contribution in [1.29, 1.82) is 10.5 Å². The van der Waals surface area contributed by atoms with Crippen LogP contribution in [0.1, 0.15) is 21.8 Å². The molecule has 0 saturated heterocycles. The van der Waals surface area contributed by atoms with Crippen LogP contribution in [0, 0.1) is 22.7 Å². The molecule has 1 heterocycles. The maximum absolute atomic E-state index is 12.4. The summed E-state index contributed by atoms with van der Waals surface area (Å²) in [6, 6.07) is 20.2. The molecule has 0 unspecified atom stereocenters. The second kappa shape index (κ2) is 8.67. The molecule has 0 radical (unpaired) electrons. The SMILES string of the molecule is N#CC1=C(N)NC(SCC(=O)c2ccccc2)=C(C#N)[C@H]1c1ccccc1Cl. The minimum absolute atomic E-state index is 0.0693. The maximum atomic E-state index is 12.4. The minimum Gasteiger partial charge on any atom is -0.384 e. The highest BCUT2D eigenvalue weighted by Gasteiger charge is 2.33. The van der Waals surface area contributed by atoms with E-state index in [-0.39, 0.29) is 22.9 Å². The molecule has 138 valence electrons. The first kappa shape index (κ1) is 19.6. The minimum atomic E-state index is -0.681. The monoisotopic (exact) mass is 406 g/mol. The number of thioether (sulfide) groups is 1. The van der Waals surface area contributed by atoms with E-state index >= 15 is 0 Å². The van der Waals surface area contributed by atoms with Crippen molar-refractivity contribution in [3.63, 3.8) is 0 Å². The first-order chi connectivity index (χ1) is 13.6. The van der Waals surface area contributed by atoms with Crippen LogP contribution in [0.3, 0.4) is 0 Å². The van der Waals surface area contributed by atoms with Crippen molar-refractivity contribution in [3.8, 4) is 12.1 Å². The smallest absolute Gasteiger partial charge is 0.173 e. The molecule has 0 amide bonds. The third-order valence-electron chi connectivity index (χ3n) is 4.26. The summed E-state index contributed by atoms with van der Waals surface area (Å²) in [6.45, 7) is 0. The van der Waals surface area contributed by atoms with Gasteiger partial charge in [-0.05, 0) is 11.6 Å². The lowest BCUT2D eigenvalue weighted by Crippen LogP contribution is -2.30. The van der Waals surface area contributed by atoms with Crippen LogP contribution < -0.4 is 11.1 Å². The molecule has 0 spiro atoms. The highest BCUT2D eigenvalue weighted by atomic mass is 35.5. The van der Waals surface area contributed by atoms with E-state index in [0.717, 1.165) is 0 Å². The lowest BCUT2D eigenvalue weighted by molar-refractivity contribution is 0.102. The number of halogens is 1. The van der Waals surface area contributed by atoms with Gasteiger partial charge in [-0.15, -0.1) is 0 Å². The summed E-state index contributed by atoms with van der Waals surface area (Å²) in [7, 11) is 0. The van der Waals surface area contributed by atoms with E-state index in [1.165, 1.54) is 11.8 Å². The Balaban J connectivity index is 1.96. The molecule has 1 atom stereocenters. The number of dihydropyridines is 1. The normalized spacial score (nSPS) is 16.2. The van der Waals surface area contributed by atoms with Crippen molar-refractivity contribution in [2.45, 2.75) is 5.92 Å². The zero-order valence-corrected chi connectivity index (χ0v) is 16.2. The first-order valence-corrected chi connectivity index (χ1v) is 9.69. The Hall–Kier alpha value is -3.19. The Labute approximate surface area is 172 Å². The summed E-state index contributed by atoms with van der Waals surface area (Å²) >= 11 is 7.50. The Kier molecular flexibility index (Phi) is 6.06. The number of nitrogens with zero attached hydrogens (tertiary/aromatic N) is 2. The number of nitriles is 2. The molecule has 1 aliphatic heterocycles. The number of nitrogens with two attached hydrogens (primary N) is 1. The Morgan fingerprint density at radius 2 is 1.71 bits per heavy atom. The molecule has 5 nitrogen and oxygen atoms in total. The number of Topliss-reactive ketones (excluding diaryl/α,β-unsaturated/α-hetero) is 1. The molecule has 3 N–H and O–H groups in total. The van der Waals surface area contributed by atoms with E-state index in [9.17, 15) is 15.3 Å². The van der Waals surface area contributed by atoms with E-state index in [1.807, 2.05) is 6.07 Å². The first-order valence-electron chi connectivity index (χ1n) is 8.33. The lowest BCUT2D eigenvalue weighted by Gasteiger charge is -2.27. The number of hydrogen-bond donors (Lipinski definition) is 2. The summed E-state index contributed by atoms with van der Waals surface area (Å²) in [5, 5.41) is 23.2. The van der Waals surface area contributed by atoms with Crippen molar-refractivity contribution < 1.29 is 4.79 Å². The fourth-order valence-electron chi connectivity index (χ4n) is 2.91. The zero-order chi connectivity index (χ0) is 20.1. The molecule has 3 rings (SSSR count). The third-order valence-corrected chi connectivity index (χ3v) is 5.62. The van der Waals surface area contributed by atoms with Gasteiger partial charge < -0.3 is 11.1 Å². The molecule has 0 bridgehead atoms. The van der Waals surface area contributed by atoms with Crippen molar-refractivity contribution in [3.05, 3.63) is 92.7 Å².